The van der Waals surface area contributed by atoms with Gasteiger partial charge in [0.05, 0.1) is 26.4 Å². The van der Waals surface area contributed by atoms with Gasteiger partial charge in [-0.25, -0.2) is 9.13 Å². The molecule has 0 spiro atoms. The van der Waals surface area contributed by atoms with Gasteiger partial charge in [0, 0.05) is 25.7 Å². The van der Waals surface area contributed by atoms with Crippen LogP contribution in [0.5, 0.6) is 0 Å². The summed E-state index contributed by atoms with van der Waals surface area (Å²) in [5.41, 5.74) is 0. The van der Waals surface area contributed by atoms with Crippen molar-refractivity contribution in [2.24, 2.45) is 11.8 Å². The molecule has 19 heteroatoms. The van der Waals surface area contributed by atoms with Gasteiger partial charge in [-0.3, -0.25) is 37.3 Å². The highest BCUT2D eigenvalue weighted by molar-refractivity contribution is 7.47. The van der Waals surface area contributed by atoms with Crippen LogP contribution in [0.25, 0.3) is 0 Å². The van der Waals surface area contributed by atoms with Crippen molar-refractivity contribution >= 4 is 39.5 Å². The van der Waals surface area contributed by atoms with Crippen molar-refractivity contribution in [1.29, 1.82) is 0 Å². The molecule has 0 saturated heterocycles. The molecule has 2 unspecified atom stereocenters. The SMILES string of the molecule is CCCCCCCCCCCCCCCCCCCCCCCCC(=O)O[C@H](COC(=O)CCCCCCCCCCCCCCCCCCC(C)C)COP(=O)(O)OC[C@@H](O)COP(=O)(O)OC[C@@H](COC(=O)CCCCCCCCC)OC(=O)CCCCCCCCCC(C)C. The number of phosphoric ester groups is 2. The van der Waals surface area contributed by atoms with E-state index in [9.17, 15) is 43.2 Å². The van der Waals surface area contributed by atoms with Gasteiger partial charge >= 0.3 is 39.5 Å². The molecule has 0 aromatic heterocycles. The third kappa shape index (κ3) is 72.4. The lowest BCUT2D eigenvalue weighted by molar-refractivity contribution is -0.161. The van der Waals surface area contributed by atoms with Crippen LogP contribution in [-0.4, -0.2) is 96.7 Å². The van der Waals surface area contributed by atoms with E-state index in [0.717, 1.165) is 109 Å². The Morgan fingerprint density at radius 3 is 0.694 bits per heavy atom. The Morgan fingerprint density at radius 1 is 0.276 bits per heavy atom. The standard InChI is InChI=1S/C79H154O17P2/c1-7-9-11-13-15-16-17-18-19-20-21-22-23-24-25-30-33-36-39-45-51-57-63-78(83)95-75(68-90-77(82)62-56-50-44-38-35-32-29-27-26-28-31-34-37-42-47-53-59-71(3)4)70-94-98(87,88)92-66-73(80)65-91-97(85,86)93-69-74(67-89-76(81)61-55-49-41-14-12-10-8-2)96-79(84)64-58-52-46-40-43-48-54-60-72(5)6/h71-75,80H,7-70H2,1-6H3,(H,85,86)(H,87,88)/t73-,74+,75+/m0/s1. The zero-order chi connectivity index (χ0) is 72.1. The lowest BCUT2D eigenvalue weighted by atomic mass is 10.0. The van der Waals surface area contributed by atoms with Crippen LogP contribution in [0.15, 0.2) is 0 Å². The average molecular weight is 1440 g/mol. The minimum atomic E-state index is -4.96. The summed E-state index contributed by atoms with van der Waals surface area (Å²) in [6.07, 6.45) is 60.2. The maximum Gasteiger partial charge on any atom is 0.472 e. The first-order valence-electron chi connectivity index (χ1n) is 41.0. The molecule has 0 radical (unpaired) electrons. The summed E-state index contributed by atoms with van der Waals surface area (Å²) in [7, 11) is -9.91. The molecule has 0 aromatic rings. The number of carbonyl (C=O) groups is 4. The van der Waals surface area contributed by atoms with Crippen LogP contribution >= 0.6 is 15.6 Å². The lowest BCUT2D eigenvalue weighted by Gasteiger charge is -2.21. The maximum absolute atomic E-state index is 13.1. The van der Waals surface area contributed by atoms with Gasteiger partial charge in [-0.15, -0.1) is 0 Å². The summed E-state index contributed by atoms with van der Waals surface area (Å²) in [5, 5.41) is 10.6. The second-order valence-corrected chi connectivity index (χ2v) is 32.3. The fraction of sp³-hybridized carbons (Fsp3) is 0.949. The van der Waals surface area contributed by atoms with Crippen LogP contribution in [0.3, 0.4) is 0 Å². The van der Waals surface area contributed by atoms with Crippen LogP contribution in [0.1, 0.15) is 414 Å². The highest BCUT2D eigenvalue weighted by atomic mass is 31.2. The minimum absolute atomic E-state index is 0.103. The van der Waals surface area contributed by atoms with E-state index in [4.69, 9.17) is 37.0 Å². The molecule has 3 N–H and O–H groups in total. The van der Waals surface area contributed by atoms with Crippen LogP contribution in [0.2, 0.25) is 0 Å². The van der Waals surface area contributed by atoms with Gasteiger partial charge in [0.25, 0.3) is 0 Å². The van der Waals surface area contributed by atoms with E-state index in [-0.39, 0.29) is 25.7 Å². The number of esters is 4. The Kier molecular flexibility index (Phi) is 69.3. The molecule has 98 heavy (non-hydrogen) atoms. The summed E-state index contributed by atoms with van der Waals surface area (Å²) in [6, 6.07) is 0. The number of aliphatic hydroxyl groups is 1. The second-order valence-electron chi connectivity index (χ2n) is 29.4. The molecule has 17 nitrogen and oxygen atoms in total. The number of unbranched alkanes of at least 4 members (excludes halogenated alkanes) is 48. The Labute approximate surface area is 600 Å². The average Bonchev–Trinajstić information content (AvgIpc) is 1.10. The summed E-state index contributed by atoms with van der Waals surface area (Å²) in [4.78, 5) is 72.7. The fourth-order valence-corrected chi connectivity index (χ4v) is 13.8. The van der Waals surface area contributed by atoms with Crippen molar-refractivity contribution in [1.82, 2.24) is 0 Å². The van der Waals surface area contributed by atoms with E-state index >= 15 is 0 Å². The molecule has 0 amide bonds. The van der Waals surface area contributed by atoms with Crippen LogP contribution in [-0.2, 0) is 65.4 Å². The third-order valence-corrected chi connectivity index (χ3v) is 20.4. The molecule has 0 bridgehead atoms. The Balaban J connectivity index is 5.13. The van der Waals surface area contributed by atoms with E-state index in [2.05, 4.69) is 41.5 Å². The molecule has 0 aliphatic rings. The van der Waals surface area contributed by atoms with Gasteiger partial charge < -0.3 is 33.8 Å². The first-order chi connectivity index (χ1) is 47.4. The first-order valence-corrected chi connectivity index (χ1v) is 44.0. The molecular formula is C79H154O17P2. The highest BCUT2D eigenvalue weighted by Crippen LogP contribution is 2.45. The Morgan fingerprint density at radius 2 is 0.469 bits per heavy atom. The normalized spacial score (nSPS) is 13.9. The van der Waals surface area contributed by atoms with Crippen LogP contribution in [0.4, 0.5) is 0 Å². The van der Waals surface area contributed by atoms with Crippen LogP contribution in [0, 0.1) is 11.8 Å². The third-order valence-electron chi connectivity index (χ3n) is 18.5. The van der Waals surface area contributed by atoms with Gasteiger partial charge in [-0.05, 0) is 37.5 Å². The van der Waals surface area contributed by atoms with E-state index in [1.807, 2.05) is 0 Å². The van der Waals surface area contributed by atoms with Gasteiger partial charge in [-0.2, -0.15) is 0 Å². The monoisotopic (exact) mass is 1440 g/mol. The Bertz CT molecular complexity index is 1890. The van der Waals surface area contributed by atoms with Crippen molar-refractivity contribution in [3.63, 3.8) is 0 Å². The van der Waals surface area contributed by atoms with Gasteiger partial charge in [0.1, 0.15) is 19.3 Å². The number of carbonyl (C=O) groups excluding carboxylic acids is 4. The summed E-state index contributed by atoms with van der Waals surface area (Å²) in [5.74, 6) is -0.612. The highest BCUT2D eigenvalue weighted by Gasteiger charge is 2.30. The van der Waals surface area contributed by atoms with E-state index < -0.39 is 97.5 Å². The largest absolute Gasteiger partial charge is 0.472 e. The lowest BCUT2D eigenvalue weighted by Crippen LogP contribution is -2.30. The molecule has 0 aliphatic carbocycles. The van der Waals surface area contributed by atoms with Crippen molar-refractivity contribution in [2.75, 3.05) is 39.6 Å². The second kappa shape index (κ2) is 70.7. The molecule has 0 aliphatic heterocycles. The molecule has 0 aromatic carbocycles. The number of hydrogen-bond donors (Lipinski definition) is 3. The topological polar surface area (TPSA) is 237 Å². The number of aliphatic hydroxyl groups excluding tert-OH is 1. The summed E-state index contributed by atoms with van der Waals surface area (Å²) in [6.45, 7) is 9.53. The van der Waals surface area contributed by atoms with Gasteiger partial charge in [-0.1, -0.05) is 363 Å². The van der Waals surface area contributed by atoms with Crippen molar-refractivity contribution in [3.05, 3.63) is 0 Å². The number of rotatable bonds is 78. The molecular weight excluding hydrogens is 1280 g/mol. The molecule has 0 saturated carbocycles. The minimum Gasteiger partial charge on any atom is -0.462 e. The zero-order valence-corrected chi connectivity index (χ0v) is 65.9. The van der Waals surface area contributed by atoms with Gasteiger partial charge in [0.15, 0.2) is 12.2 Å². The van der Waals surface area contributed by atoms with E-state index in [1.165, 1.54) is 218 Å². The molecule has 582 valence electrons. The number of hydrogen-bond acceptors (Lipinski definition) is 15. The summed E-state index contributed by atoms with van der Waals surface area (Å²) >= 11 is 0. The molecule has 5 atom stereocenters. The van der Waals surface area contributed by atoms with Crippen molar-refractivity contribution in [3.8, 4) is 0 Å². The number of phosphoric acid groups is 2. The quantitative estimate of drug-likeness (QED) is 0.0222. The molecule has 0 fully saturated rings. The smallest absolute Gasteiger partial charge is 0.462 e. The predicted octanol–water partition coefficient (Wildman–Crippen LogP) is 23.5. The van der Waals surface area contributed by atoms with Crippen molar-refractivity contribution < 1.29 is 80.2 Å². The zero-order valence-electron chi connectivity index (χ0n) is 64.1. The Hall–Kier alpha value is -1.94. The van der Waals surface area contributed by atoms with E-state index in [1.54, 1.807) is 0 Å². The molecule has 0 heterocycles. The number of ether oxygens (including phenoxy) is 4. The van der Waals surface area contributed by atoms with E-state index in [0.29, 0.717) is 31.6 Å². The predicted molar refractivity (Wildman–Crippen MR) is 400 cm³/mol. The molecule has 0 rings (SSSR count). The fourth-order valence-electron chi connectivity index (χ4n) is 12.2. The van der Waals surface area contributed by atoms with Gasteiger partial charge in [0.2, 0.25) is 0 Å². The first kappa shape index (κ1) is 96.1. The maximum atomic E-state index is 13.1. The summed E-state index contributed by atoms with van der Waals surface area (Å²) < 4.78 is 68.4. The van der Waals surface area contributed by atoms with Crippen LogP contribution < -0.4 is 0 Å². The van der Waals surface area contributed by atoms with Crippen molar-refractivity contribution in [2.45, 2.75) is 432 Å².